The number of nitrogens with zero attached hydrogens (tertiary/aromatic N) is 2. The van der Waals surface area contributed by atoms with Gasteiger partial charge in [-0.15, -0.1) is 0 Å². The van der Waals surface area contributed by atoms with Crippen LogP contribution in [0.2, 0.25) is 0 Å². The third-order valence-electron chi connectivity index (χ3n) is 2.70. The Morgan fingerprint density at radius 1 is 1.20 bits per heavy atom. The predicted octanol–water partition coefficient (Wildman–Crippen LogP) is 4.01. The fraction of sp³-hybridized carbons (Fsp3) is 0.357. The number of halogens is 3. The maximum absolute atomic E-state index is 13.6. The smallest absolute Gasteiger partial charge is 0.207 e. The molecule has 3 nitrogen and oxygen atoms in total. The maximum Gasteiger partial charge on any atom is 0.207 e. The molecule has 0 aliphatic heterocycles. The minimum atomic E-state index is -0.987. The Labute approximate surface area is 115 Å². The summed E-state index contributed by atoms with van der Waals surface area (Å²) in [4.78, 5) is 4.19. The second-order valence-electron chi connectivity index (χ2n) is 5.12. The molecular formula is C14H16F3N3. The number of benzene rings is 1. The van der Waals surface area contributed by atoms with Crippen LogP contribution in [-0.2, 0) is 6.54 Å². The van der Waals surface area contributed by atoms with E-state index in [0.717, 1.165) is 5.69 Å². The van der Waals surface area contributed by atoms with E-state index in [2.05, 4.69) is 10.3 Å². The summed E-state index contributed by atoms with van der Waals surface area (Å²) in [5, 5.41) is 2.60. The molecule has 0 bridgehead atoms. The second-order valence-corrected chi connectivity index (χ2v) is 5.12. The number of imidazole rings is 1. The Morgan fingerprint density at radius 2 is 1.80 bits per heavy atom. The Kier molecular flexibility index (Phi) is 4.01. The molecule has 0 radical (unpaired) electrons. The van der Waals surface area contributed by atoms with Gasteiger partial charge in [-0.3, -0.25) is 0 Å². The molecule has 1 aromatic heterocycles. The van der Waals surface area contributed by atoms with Gasteiger partial charge in [-0.05, 0) is 12.8 Å². The molecule has 2 rings (SSSR count). The monoisotopic (exact) mass is 283 g/mol. The molecule has 0 aliphatic carbocycles. The Bertz CT molecular complexity index is 597. The highest BCUT2D eigenvalue weighted by atomic mass is 19.1. The summed E-state index contributed by atoms with van der Waals surface area (Å²) < 4.78 is 41.9. The number of nitrogens with one attached hydrogen (secondary N) is 1. The minimum absolute atomic E-state index is 0.334. The molecule has 1 heterocycles. The van der Waals surface area contributed by atoms with Crippen LogP contribution in [0.4, 0.5) is 24.8 Å². The largest absolute Gasteiger partial charge is 0.321 e. The summed E-state index contributed by atoms with van der Waals surface area (Å²) in [6.45, 7) is 6.50. The molecular weight excluding hydrogens is 267 g/mol. The molecule has 108 valence electrons. The van der Waals surface area contributed by atoms with Crippen molar-refractivity contribution in [1.29, 1.82) is 0 Å². The molecule has 1 N–H and O–H groups in total. The van der Waals surface area contributed by atoms with Crippen LogP contribution in [0.15, 0.2) is 18.3 Å². The lowest BCUT2D eigenvalue weighted by Gasteiger charge is -2.12. The van der Waals surface area contributed by atoms with Crippen molar-refractivity contribution in [1.82, 2.24) is 9.55 Å². The van der Waals surface area contributed by atoms with Crippen LogP contribution >= 0.6 is 0 Å². The van der Waals surface area contributed by atoms with Gasteiger partial charge >= 0.3 is 0 Å². The van der Waals surface area contributed by atoms with Gasteiger partial charge in [0.25, 0.3) is 0 Å². The quantitative estimate of drug-likeness (QED) is 0.918. The average Bonchev–Trinajstić information content (AvgIpc) is 2.63. The van der Waals surface area contributed by atoms with Gasteiger partial charge in [0.15, 0.2) is 11.6 Å². The molecule has 0 atom stereocenters. The van der Waals surface area contributed by atoms with E-state index < -0.39 is 23.1 Å². The number of hydrogen-bond acceptors (Lipinski definition) is 2. The van der Waals surface area contributed by atoms with Crippen molar-refractivity contribution in [3.05, 3.63) is 41.5 Å². The van der Waals surface area contributed by atoms with E-state index in [1.165, 1.54) is 0 Å². The average molecular weight is 283 g/mol. The first-order valence-electron chi connectivity index (χ1n) is 6.32. The van der Waals surface area contributed by atoms with E-state index in [1.807, 2.05) is 13.8 Å². The SMILES string of the molecule is Cc1cn(CC(C)C)c(Nc2c(F)cc(F)cc2F)n1. The second kappa shape index (κ2) is 5.56. The van der Waals surface area contributed by atoms with Crippen LogP contribution in [0.25, 0.3) is 0 Å². The van der Waals surface area contributed by atoms with Crippen LogP contribution < -0.4 is 5.32 Å². The fourth-order valence-electron chi connectivity index (χ4n) is 1.95. The van der Waals surface area contributed by atoms with Gasteiger partial charge in [0, 0.05) is 24.9 Å². The fourth-order valence-corrected chi connectivity index (χ4v) is 1.95. The molecule has 0 fully saturated rings. The summed E-state index contributed by atoms with van der Waals surface area (Å²) in [6.07, 6.45) is 1.79. The Morgan fingerprint density at radius 3 is 2.35 bits per heavy atom. The highest BCUT2D eigenvalue weighted by molar-refractivity contribution is 5.55. The molecule has 0 amide bonds. The maximum atomic E-state index is 13.6. The molecule has 6 heteroatoms. The first-order chi connectivity index (χ1) is 9.36. The summed E-state index contributed by atoms with van der Waals surface area (Å²) in [5.41, 5.74) is 0.332. The number of aryl methyl sites for hydroxylation is 1. The van der Waals surface area contributed by atoms with Crippen molar-refractivity contribution in [2.24, 2.45) is 5.92 Å². The number of hydrogen-bond donors (Lipinski definition) is 1. The molecule has 0 spiro atoms. The number of anilines is 2. The molecule has 2 aromatic rings. The van der Waals surface area contributed by atoms with Crippen molar-refractivity contribution >= 4 is 11.6 Å². The molecule has 0 unspecified atom stereocenters. The summed E-state index contributed by atoms with van der Waals surface area (Å²) in [5.74, 6) is -2.24. The third-order valence-corrected chi connectivity index (χ3v) is 2.70. The van der Waals surface area contributed by atoms with E-state index in [1.54, 1.807) is 17.7 Å². The topological polar surface area (TPSA) is 29.9 Å². The summed E-state index contributed by atoms with van der Waals surface area (Å²) >= 11 is 0. The molecule has 0 aliphatic rings. The summed E-state index contributed by atoms with van der Waals surface area (Å²) in [7, 11) is 0. The van der Waals surface area contributed by atoms with Gasteiger partial charge < -0.3 is 9.88 Å². The van der Waals surface area contributed by atoms with Crippen LogP contribution in [0.5, 0.6) is 0 Å². The van der Waals surface area contributed by atoms with Gasteiger partial charge in [-0.1, -0.05) is 13.8 Å². The Hall–Kier alpha value is -1.98. The first kappa shape index (κ1) is 14.4. The third kappa shape index (κ3) is 3.12. The van der Waals surface area contributed by atoms with Gasteiger partial charge in [0.05, 0.1) is 5.69 Å². The molecule has 1 aromatic carbocycles. The van der Waals surface area contributed by atoms with Crippen molar-refractivity contribution in [2.45, 2.75) is 27.3 Å². The minimum Gasteiger partial charge on any atom is -0.321 e. The zero-order chi connectivity index (χ0) is 14.9. The standard InChI is InChI=1S/C14H16F3N3/c1-8(2)6-20-7-9(3)18-14(20)19-13-11(16)4-10(15)5-12(13)17/h4-5,7-8H,6H2,1-3H3,(H,18,19). The lowest BCUT2D eigenvalue weighted by atomic mass is 10.2. The van der Waals surface area contributed by atoms with Crippen molar-refractivity contribution in [3.8, 4) is 0 Å². The van der Waals surface area contributed by atoms with Gasteiger partial charge in [-0.25, -0.2) is 18.2 Å². The van der Waals surface area contributed by atoms with Gasteiger partial charge in [-0.2, -0.15) is 0 Å². The van der Waals surface area contributed by atoms with Crippen LogP contribution in [-0.4, -0.2) is 9.55 Å². The van der Waals surface area contributed by atoms with E-state index in [-0.39, 0.29) is 0 Å². The van der Waals surface area contributed by atoms with Crippen LogP contribution in [0.3, 0.4) is 0 Å². The zero-order valence-electron chi connectivity index (χ0n) is 11.5. The first-order valence-corrected chi connectivity index (χ1v) is 6.32. The Balaban J connectivity index is 2.35. The predicted molar refractivity (Wildman–Crippen MR) is 71.4 cm³/mol. The van der Waals surface area contributed by atoms with Gasteiger partial charge in [0.1, 0.15) is 11.5 Å². The number of rotatable bonds is 4. The van der Waals surface area contributed by atoms with Crippen LogP contribution in [0, 0.1) is 30.3 Å². The van der Waals surface area contributed by atoms with E-state index in [0.29, 0.717) is 30.5 Å². The molecule has 0 saturated carbocycles. The van der Waals surface area contributed by atoms with Crippen molar-refractivity contribution in [2.75, 3.05) is 5.32 Å². The van der Waals surface area contributed by atoms with Crippen LogP contribution in [0.1, 0.15) is 19.5 Å². The summed E-state index contributed by atoms with van der Waals surface area (Å²) in [6, 6.07) is 1.27. The molecule has 20 heavy (non-hydrogen) atoms. The lowest BCUT2D eigenvalue weighted by molar-refractivity contribution is 0.525. The molecule has 0 saturated heterocycles. The van der Waals surface area contributed by atoms with Crippen molar-refractivity contribution in [3.63, 3.8) is 0 Å². The van der Waals surface area contributed by atoms with E-state index in [4.69, 9.17) is 0 Å². The van der Waals surface area contributed by atoms with Crippen molar-refractivity contribution < 1.29 is 13.2 Å². The van der Waals surface area contributed by atoms with E-state index in [9.17, 15) is 13.2 Å². The number of aromatic nitrogens is 2. The lowest BCUT2D eigenvalue weighted by Crippen LogP contribution is -2.09. The van der Waals surface area contributed by atoms with Gasteiger partial charge in [0.2, 0.25) is 5.95 Å². The zero-order valence-corrected chi connectivity index (χ0v) is 11.5. The highest BCUT2D eigenvalue weighted by Gasteiger charge is 2.15. The van der Waals surface area contributed by atoms with E-state index >= 15 is 0 Å². The normalized spacial score (nSPS) is 11.2. The highest BCUT2D eigenvalue weighted by Crippen LogP contribution is 2.24.